The Kier molecular flexibility index (Phi) is 5.39. The van der Waals surface area contributed by atoms with E-state index in [1.807, 2.05) is 24.3 Å². The predicted octanol–water partition coefficient (Wildman–Crippen LogP) is 4.42. The third-order valence-corrected chi connectivity index (χ3v) is 5.34. The zero-order valence-corrected chi connectivity index (χ0v) is 16.4. The average molecular weight is 414 g/mol. The molecule has 7 heteroatoms. The number of benzene rings is 2. The molecule has 0 fully saturated rings. The van der Waals surface area contributed by atoms with Gasteiger partial charge in [0.2, 0.25) is 0 Å². The van der Waals surface area contributed by atoms with Crippen molar-refractivity contribution in [2.24, 2.45) is 0 Å². The summed E-state index contributed by atoms with van der Waals surface area (Å²) in [5.41, 5.74) is 2.23. The minimum Gasteiger partial charge on any atom is -0.495 e. The maximum Gasteiger partial charge on any atom is 0.416 e. The second-order valence-corrected chi connectivity index (χ2v) is 7.31. The highest BCUT2D eigenvalue weighted by molar-refractivity contribution is 5.51. The minimum absolute atomic E-state index is 0.0204. The second-order valence-electron chi connectivity index (χ2n) is 7.31. The highest BCUT2D eigenvalue weighted by Crippen LogP contribution is 2.35. The van der Waals surface area contributed by atoms with E-state index < -0.39 is 11.7 Å². The Balaban J connectivity index is 1.70. The van der Waals surface area contributed by atoms with Gasteiger partial charge >= 0.3 is 6.18 Å². The fourth-order valence-electron chi connectivity index (χ4n) is 3.90. The molecular weight excluding hydrogens is 393 g/mol. The molecule has 1 aromatic heterocycles. The fourth-order valence-corrected chi connectivity index (χ4v) is 3.90. The van der Waals surface area contributed by atoms with Crippen molar-refractivity contribution in [1.82, 2.24) is 9.47 Å². The standard InChI is InChI=1S/C23H21F3N2O2/c1-30-21-13-18(23(24,25)26)8-9-20(21)28-19-11-12-27(14-16-5-3-2-4-6-16)15-17(19)7-10-22(28)29/h2-10,13H,11-12,14-15H2,1H3. The smallest absolute Gasteiger partial charge is 0.416 e. The van der Waals surface area contributed by atoms with Gasteiger partial charge in [0.05, 0.1) is 18.4 Å². The number of hydrogen-bond acceptors (Lipinski definition) is 3. The Bertz CT molecular complexity index is 1110. The van der Waals surface area contributed by atoms with Crippen molar-refractivity contribution in [2.75, 3.05) is 13.7 Å². The van der Waals surface area contributed by atoms with Crippen molar-refractivity contribution in [2.45, 2.75) is 25.7 Å². The van der Waals surface area contributed by atoms with Gasteiger partial charge in [0, 0.05) is 37.8 Å². The Hall–Kier alpha value is -3.06. The van der Waals surface area contributed by atoms with Gasteiger partial charge in [0.25, 0.3) is 5.56 Å². The number of hydrogen-bond donors (Lipinski definition) is 0. The summed E-state index contributed by atoms with van der Waals surface area (Å²) in [6, 6.07) is 16.6. The first-order valence-corrected chi connectivity index (χ1v) is 9.62. The normalized spacial score (nSPS) is 14.4. The fraction of sp³-hybridized carbons (Fsp3) is 0.261. The van der Waals surface area contributed by atoms with Gasteiger partial charge in [-0.25, -0.2) is 0 Å². The first-order chi connectivity index (χ1) is 14.4. The lowest BCUT2D eigenvalue weighted by atomic mass is 10.0. The van der Waals surface area contributed by atoms with E-state index in [0.29, 0.717) is 18.7 Å². The van der Waals surface area contributed by atoms with Gasteiger partial charge in [-0.3, -0.25) is 14.3 Å². The average Bonchev–Trinajstić information content (AvgIpc) is 2.73. The van der Waals surface area contributed by atoms with Gasteiger partial charge in [0.15, 0.2) is 0 Å². The molecule has 0 amide bonds. The van der Waals surface area contributed by atoms with E-state index in [0.717, 1.165) is 36.5 Å². The summed E-state index contributed by atoms with van der Waals surface area (Å²) in [6.45, 7) is 2.20. The van der Waals surface area contributed by atoms with Gasteiger partial charge in [-0.15, -0.1) is 0 Å². The number of nitrogens with zero attached hydrogens (tertiary/aromatic N) is 2. The molecule has 0 N–H and O–H groups in total. The summed E-state index contributed by atoms with van der Waals surface area (Å²) >= 11 is 0. The summed E-state index contributed by atoms with van der Waals surface area (Å²) in [7, 11) is 1.31. The largest absolute Gasteiger partial charge is 0.495 e. The molecule has 156 valence electrons. The first kappa shape index (κ1) is 20.2. The molecule has 2 heterocycles. The molecular formula is C23H21F3N2O2. The molecule has 1 aliphatic heterocycles. The molecule has 0 bridgehead atoms. The molecule has 0 unspecified atom stereocenters. The van der Waals surface area contributed by atoms with Crippen LogP contribution in [0.25, 0.3) is 5.69 Å². The summed E-state index contributed by atoms with van der Waals surface area (Å²) in [5.74, 6) is 0.0204. The summed E-state index contributed by atoms with van der Waals surface area (Å²) in [5, 5.41) is 0. The molecule has 0 radical (unpaired) electrons. The van der Waals surface area contributed by atoms with Crippen LogP contribution in [-0.2, 0) is 25.7 Å². The van der Waals surface area contributed by atoms with Crippen molar-refractivity contribution in [3.8, 4) is 11.4 Å². The number of pyridine rings is 1. The van der Waals surface area contributed by atoms with Crippen molar-refractivity contribution in [1.29, 1.82) is 0 Å². The first-order valence-electron chi connectivity index (χ1n) is 9.62. The van der Waals surface area contributed by atoms with E-state index in [9.17, 15) is 18.0 Å². The van der Waals surface area contributed by atoms with Crippen LogP contribution in [0.15, 0.2) is 65.5 Å². The summed E-state index contributed by atoms with van der Waals surface area (Å²) in [4.78, 5) is 15.0. The zero-order valence-electron chi connectivity index (χ0n) is 16.4. The van der Waals surface area contributed by atoms with Crippen molar-refractivity contribution < 1.29 is 17.9 Å². The molecule has 0 saturated heterocycles. The lowest BCUT2D eigenvalue weighted by molar-refractivity contribution is -0.137. The van der Waals surface area contributed by atoms with Crippen LogP contribution >= 0.6 is 0 Å². The van der Waals surface area contributed by atoms with Gasteiger partial charge in [0.1, 0.15) is 5.75 Å². The van der Waals surface area contributed by atoms with Crippen LogP contribution in [0.1, 0.15) is 22.4 Å². The molecule has 2 aromatic carbocycles. The Morgan fingerprint density at radius 3 is 2.50 bits per heavy atom. The van der Waals surface area contributed by atoms with E-state index in [-0.39, 0.29) is 11.3 Å². The molecule has 4 rings (SSSR count). The van der Waals surface area contributed by atoms with Gasteiger partial charge in [-0.2, -0.15) is 13.2 Å². The van der Waals surface area contributed by atoms with Gasteiger partial charge in [-0.1, -0.05) is 36.4 Å². The van der Waals surface area contributed by atoms with E-state index in [2.05, 4.69) is 17.0 Å². The number of ether oxygens (including phenoxy) is 1. The quantitative estimate of drug-likeness (QED) is 0.634. The number of alkyl halides is 3. The van der Waals surface area contributed by atoms with Gasteiger partial charge < -0.3 is 4.74 Å². The summed E-state index contributed by atoms with van der Waals surface area (Å²) in [6.07, 6.45) is -3.87. The topological polar surface area (TPSA) is 34.5 Å². The van der Waals surface area contributed by atoms with Crippen molar-refractivity contribution in [3.05, 3.63) is 93.4 Å². The highest BCUT2D eigenvalue weighted by Gasteiger charge is 2.32. The molecule has 30 heavy (non-hydrogen) atoms. The van der Waals surface area contributed by atoms with Crippen LogP contribution < -0.4 is 10.3 Å². The Morgan fingerprint density at radius 1 is 1.03 bits per heavy atom. The molecule has 0 saturated carbocycles. The number of aromatic nitrogens is 1. The predicted molar refractivity (Wildman–Crippen MR) is 108 cm³/mol. The molecule has 0 spiro atoms. The Labute approximate surface area is 172 Å². The highest BCUT2D eigenvalue weighted by atomic mass is 19.4. The third-order valence-electron chi connectivity index (χ3n) is 5.34. The van der Waals surface area contributed by atoms with Gasteiger partial charge in [-0.05, 0) is 29.3 Å². The second kappa shape index (κ2) is 7.99. The number of methoxy groups -OCH3 is 1. The molecule has 3 aromatic rings. The maximum atomic E-state index is 13.1. The van der Waals surface area contributed by atoms with Crippen LogP contribution in [-0.4, -0.2) is 23.1 Å². The Morgan fingerprint density at radius 2 is 1.80 bits per heavy atom. The van der Waals surface area contributed by atoms with Crippen LogP contribution in [0.4, 0.5) is 13.2 Å². The SMILES string of the molecule is COc1cc(C(F)(F)F)ccc1-n1c2c(ccc1=O)CN(Cc1ccccc1)CC2. The monoisotopic (exact) mass is 414 g/mol. The lowest BCUT2D eigenvalue weighted by Crippen LogP contribution is -2.34. The van der Waals surface area contributed by atoms with Crippen molar-refractivity contribution >= 4 is 0 Å². The van der Waals surface area contributed by atoms with Crippen molar-refractivity contribution in [3.63, 3.8) is 0 Å². The zero-order chi connectivity index (χ0) is 21.3. The van der Waals surface area contributed by atoms with E-state index in [1.54, 1.807) is 0 Å². The van der Waals surface area contributed by atoms with Crippen LogP contribution in [0, 0.1) is 0 Å². The molecule has 0 atom stereocenters. The molecule has 1 aliphatic rings. The number of halogens is 3. The third kappa shape index (κ3) is 3.98. The number of rotatable bonds is 4. The maximum absolute atomic E-state index is 13.1. The van der Waals surface area contributed by atoms with E-state index in [1.165, 1.54) is 29.4 Å². The summed E-state index contributed by atoms with van der Waals surface area (Å²) < 4.78 is 45.9. The van der Waals surface area contributed by atoms with Crippen LogP contribution in [0.5, 0.6) is 5.75 Å². The van der Waals surface area contributed by atoms with Crippen LogP contribution in [0.2, 0.25) is 0 Å². The van der Waals surface area contributed by atoms with E-state index in [4.69, 9.17) is 4.74 Å². The van der Waals surface area contributed by atoms with Crippen LogP contribution in [0.3, 0.4) is 0 Å². The lowest BCUT2D eigenvalue weighted by Gasteiger charge is -2.30. The molecule has 4 nitrogen and oxygen atoms in total. The minimum atomic E-state index is -4.48. The van der Waals surface area contributed by atoms with E-state index >= 15 is 0 Å². The molecule has 0 aliphatic carbocycles. The number of fused-ring (bicyclic) bond motifs is 1.